The standard InChI is InChI=1S/C10H21N3O2/c1-10(2,3)15-9(14)13-6-5-8(7-13)12-11-4/h8,11-12H,5-7H2,1-4H3. The van der Waals surface area contributed by atoms with Crippen LogP contribution in [0.2, 0.25) is 0 Å². The largest absolute Gasteiger partial charge is 0.444 e. The van der Waals surface area contributed by atoms with Gasteiger partial charge in [0.25, 0.3) is 0 Å². The number of hydrazine groups is 1. The second-order valence-electron chi connectivity index (χ2n) is 4.81. The van der Waals surface area contributed by atoms with Gasteiger partial charge < -0.3 is 9.64 Å². The van der Waals surface area contributed by atoms with E-state index in [-0.39, 0.29) is 6.09 Å². The van der Waals surface area contributed by atoms with E-state index >= 15 is 0 Å². The average molecular weight is 215 g/mol. The van der Waals surface area contributed by atoms with Gasteiger partial charge in [0, 0.05) is 19.1 Å². The van der Waals surface area contributed by atoms with Gasteiger partial charge in [-0.05, 0) is 34.2 Å². The number of carbonyl (C=O) groups excluding carboxylic acids is 1. The molecule has 0 aliphatic carbocycles. The first-order chi connectivity index (χ1) is 6.92. The molecule has 0 aromatic heterocycles. The number of amides is 1. The molecular weight excluding hydrogens is 194 g/mol. The fourth-order valence-corrected chi connectivity index (χ4v) is 1.57. The topological polar surface area (TPSA) is 53.6 Å². The second-order valence-corrected chi connectivity index (χ2v) is 4.81. The van der Waals surface area contributed by atoms with Gasteiger partial charge in [-0.1, -0.05) is 0 Å². The Morgan fingerprint density at radius 2 is 2.13 bits per heavy atom. The van der Waals surface area contributed by atoms with Crippen LogP contribution >= 0.6 is 0 Å². The maximum atomic E-state index is 11.7. The third-order valence-corrected chi connectivity index (χ3v) is 2.19. The van der Waals surface area contributed by atoms with Gasteiger partial charge in [0.2, 0.25) is 0 Å². The zero-order valence-electron chi connectivity index (χ0n) is 9.96. The van der Waals surface area contributed by atoms with Gasteiger partial charge in [-0.15, -0.1) is 0 Å². The summed E-state index contributed by atoms with van der Waals surface area (Å²) in [5.41, 5.74) is 5.57. The normalized spacial score (nSPS) is 21.9. The quantitative estimate of drug-likeness (QED) is 0.666. The summed E-state index contributed by atoms with van der Waals surface area (Å²) >= 11 is 0. The Morgan fingerprint density at radius 1 is 1.47 bits per heavy atom. The van der Waals surface area contributed by atoms with Crippen molar-refractivity contribution in [3.63, 3.8) is 0 Å². The first-order valence-electron chi connectivity index (χ1n) is 5.32. The Labute approximate surface area is 91.1 Å². The molecule has 0 spiro atoms. The van der Waals surface area contributed by atoms with E-state index in [1.807, 2.05) is 27.8 Å². The molecule has 1 atom stereocenters. The van der Waals surface area contributed by atoms with Crippen LogP contribution in [0.1, 0.15) is 27.2 Å². The number of nitrogens with zero attached hydrogens (tertiary/aromatic N) is 1. The predicted molar refractivity (Wildman–Crippen MR) is 58.4 cm³/mol. The molecule has 88 valence electrons. The van der Waals surface area contributed by atoms with Gasteiger partial charge in [-0.2, -0.15) is 0 Å². The van der Waals surface area contributed by atoms with Crippen molar-refractivity contribution in [2.45, 2.75) is 38.8 Å². The lowest BCUT2D eigenvalue weighted by Gasteiger charge is -2.24. The maximum Gasteiger partial charge on any atom is 0.410 e. The van der Waals surface area contributed by atoms with E-state index in [4.69, 9.17) is 4.74 Å². The molecule has 0 aromatic carbocycles. The molecule has 1 aliphatic heterocycles. The molecule has 0 radical (unpaired) electrons. The lowest BCUT2D eigenvalue weighted by Crippen LogP contribution is -2.42. The smallest absolute Gasteiger partial charge is 0.410 e. The van der Waals surface area contributed by atoms with Crippen LogP contribution in [0.25, 0.3) is 0 Å². The number of carbonyl (C=O) groups is 1. The first-order valence-corrected chi connectivity index (χ1v) is 5.32. The van der Waals surface area contributed by atoms with Crippen molar-refractivity contribution >= 4 is 6.09 Å². The molecule has 5 heteroatoms. The lowest BCUT2D eigenvalue weighted by molar-refractivity contribution is 0.0290. The number of likely N-dealkylation sites (tertiary alicyclic amines) is 1. The number of hydrogen-bond donors (Lipinski definition) is 2. The number of rotatable bonds is 2. The third kappa shape index (κ3) is 4.05. The van der Waals surface area contributed by atoms with Crippen molar-refractivity contribution in [1.29, 1.82) is 0 Å². The van der Waals surface area contributed by atoms with Crippen LogP contribution in [-0.2, 0) is 4.74 Å². The molecule has 1 rings (SSSR count). The van der Waals surface area contributed by atoms with E-state index in [2.05, 4.69) is 10.9 Å². The van der Waals surface area contributed by atoms with Crippen molar-refractivity contribution in [1.82, 2.24) is 15.8 Å². The van der Waals surface area contributed by atoms with Gasteiger partial charge in [0.1, 0.15) is 5.60 Å². The van der Waals surface area contributed by atoms with Crippen molar-refractivity contribution in [2.24, 2.45) is 0 Å². The van der Waals surface area contributed by atoms with E-state index < -0.39 is 5.60 Å². The number of ether oxygens (including phenoxy) is 1. The van der Waals surface area contributed by atoms with Crippen LogP contribution in [0.3, 0.4) is 0 Å². The Balaban J connectivity index is 2.37. The van der Waals surface area contributed by atoms with Crippen molar-refractivity contribution in [2.75, 3.05) is 20.1 Å². The lowest BCUT2D eigenvalue weighted by atomic mass is 10.2. The minimum atomic E-state index is -0.411. The van der Waals surface area contributed by atoms with E-state index in [0.29, 0.717) is 12.6 Å². The third-order valence-electron chi connectivity index (χ3n) is 2.19. The Morgan fingerprint density at radius 3 is 2.67 bits per heavy atom. The van der Waals surface area contributed by atoms with Crippen LogP contribution in [0, 0.1) is 0 Å². The Hall–Kier alpha value is -0.810. The summed E-state index contributed by atoms with van der Waals surface area (Å²) in [6.45, 7) is 7.10. The van der Waals surface area contributed by atoms with Gasteiger partial charge in [0.05, 0.1) is 0 Å². The molecule has 0 saturated carbocycles. The summed E-state index contributed by atoms with van der Waals surface area (Å²) in [6, 6.07) is 0.322. The maximum absolute atomic E-state index is 11.7. The van der Waals surface area contributed by atoms with Crippen LogP contribution in [0.4, 0.5) is 4.79 Å². The van der Waals surface area contributed by atoms with Crippen LogP contribution in [0.5, 0.6) is 0 Å². The molecule has 1 saturated heterocycles. The predicted octanol–water partition coefficient (Wildman–Crippen LogP) is 0.720. The molecule has 1 unspecified atom stereocenters. The van der Waals surface area contributed by atoms with E-state index in [9.17, 15) is 4.79 Å². The van der Waals surface area contributed by atoms with Crippen LogP contribution in [-0.4, -0.2) is 42.8 Å². The van der Waals surface area contributed by atoms with Crippen LogP contribution in [0.15, 0.2) is 0 Å². The number of hydrogen-bond acceptors (Lipinski definition) is 4. The van der Waals surface area contributed by atoms with Crippen molar-refractivity contribution in [3.8, 4) is 0 Å². The summed E-state index contributed by atoms with van der Waals surface area (Å²) in [6.07, 6.45) is 0.739. The second kappa shape index (κ2) is 4.81. The fraction of sp³-hybridized carbons (Fsp3) is 0.900. The monoisotopic (exact) mass is 215 g/mol. The Kier molecular flexibility index (Phi) is 3.93. The highest BCUT2D eigenvalue weighted by molar-refractivity contribution is 5.68. The summed E-state index contributed by atoms with van der Waals surface area (Å²) in [5, 5.41) is 0. The highest BCUT2D eigenvalue weighted by Gasteiger charge is 2.29. The molecule has 0 bridgehead atoms. The molecule has 15 heavy (non-hydrogen) atoms. The minimum Gasteiger partial charge on any atom is -0.444 e. The number of nitrogens with one attached hydrogen (secondary N) is 2. The molecule has 1 amide bonds. The SMILES string of the molecule is CNNC1CCN(C(=O)OC(C)(C)C)C1. The summed E-state index contributed by atoms with van der Waals surface area (Å²) in [5.74, 6) is 0. The van der Waals surface area contributed by atoms with E-state index in [0.717, 1.165) is 13.0 Å². The average Bonchev–Trinajstić information content (AvgIpc) is 2.50. The van der Waals surface area contributed by atoms with E-state index in [1.54, 1.807) is 4.90 Å². The van der Waals surface area contributed by atoms with Crippen molar-refractivity contribution in [3.05, 3.63) is 0 Å². The highest BCUT2D eigenvalue weighted by atomic mass is 16.6. The van der Waals surface area contributed by atoms with Gasteiger partial charge in [-0.3, -0.25) is 10.9 Å². The molecule has 5 nitrogen and oxygen atoms in total. The molecule has 1 aliphatic rings. The zero-order valence-corrected chi connectivity index (χ0v) is 9.96. The minimum absolute atomic E-state index is 0.220. The fourth-order valence-electron chi connectivity index (χ4n) is 1.57. The van der Waals surface area contributed by atoms with Crippen molar-refractivity contribution < 1.29 is 9.53 Å². The molecule has 0 aromatic rings. The molecular formula is C10H21N3O2. The van der Waals surface area contributed by atoms with E-state index in [1.165, 1.54) is 0 Å². The highest BCUT2D eigenvalue weighted by Crippen LogP contribution is 2.14. The van der Waals surface area contributed by atoms with Gasteiger partial charge in [0.15, 0.2) is 0 Å². The van der Waals surface area contributed by atoms with Gasteiger partial charge >= 0.3 is 6.09 Å². The molecule has 2 N–H and O–H groups in total. The summed E-state index contributed by atoms with van der Waals surface area (Å²) in [4.78, 5) is 13.4. The molecule has 1 fully saturated rings. The van der Waals surface area contributed by atoms with Crippen LogP contribution < -0.4 is 10.9 Å². The Bertz CT molecular complexity index is 225. The molecule has 1 heterocycles. The summed E-state index contributed by atoms with van der Waals surface area (Å²) < 4.78 is 5.29. The summed E-state index contributed by atoms with van der Waals surface area (Å²) in [7, 11) is 1.83. The first kappa shape index (κ1) is 12.3. The zero-order chi connectivity index (χ0) is 11.5. The van der Waals surface area contributed by atoms with Gasteiger partial charge in [-0.25, -0.2) is 4.79 Å².